The van der Waals surface area contributed by atoms with E-state index in [1.807, 2.05) is 13.8 Å². The van der Waals surface area contributed by atoms with E-state index < -0.39 is 6.09 Å². The Morgan fingerprint density at radius 3 is 2.60 bits per heavy atom. The molecule has 0 aromatic heterocycles. The van der Waals surface area contributed by atoms with Crippen molar-refractivity contribution in [2.24, 2.45) is 0 Å². The van der Waals surface area contributed by atoms with Crippen molar-refractivity contribution in [1.82, 2.24) is 5.06 Å². The van der Waals surface area contributed by atoms with Gasteiger partial charge in [-0.2, -0.15) is 5.06 Å². The zero-order chi connectivity index (χ0) is 15.0. The van der Waals surface area contributed by atoms with Gasteiger partial charge in [0.25, 0.3) is 0 Å². The molecule has 20 heavy (non-hydrogen) atoms. The van der Waals surface area contributed by atoms with Crippen molar-refractivity contribution in [3.8, 4) is 0 Å². The van der Waals surface area contributed by atoms with Crippen LogP contribution < -0.4 is 0 Å². The molecule has 1 fully saturated rings. The fourth-order valence-corrected chi connectivity index (χ4v) is 2.72. The van der Waals surface area contributed by atoms with E-state index >= 15 is 0 Å². The molecule has 0 aromatic carbocycles. The molecule has 0 heterocycles. The van der Waals surface area contributed by atoms with Crippen LogP contribution in [0.15, 0.2) is 0 Å². The van der Waals surface area contributed by atoms with Gasteiger partial charge in [-0.15, -0.1) is 0 Å². The number of carbonyl (C=O) groups is 1. The normalized spacial score (nSPS) is 18.8. The molecule has 1 N–H and O–H groups in total. The van der Waals surface area contributed by atoms with Crippen LogP contribution in [0.25, 0.3) is 0 Å². The molecular weight excluding hydrogens is 258 g/mol. The fraction of sp³-hybridized carbons (Fsp3) is 0.933. The lowest BCUT2D eigenvalue weighted by Crippen LogP contribution is -2.38. The van der Waals surface area contributed by atoms with Gasteiger partial charge < -0.3 is 9.47 Å². The van der Waals surface area contributed by atoms with Gasteiger partial charge in [0, 0.05) is 7.11 Å². The summed E-state index contributed by atoms with van der Waals surface area (Å²) < 4.78 is 10.6. The van der Waals surface area contributed by atoms with Crippen LogP contribution >= 0.6 is 0 Å². The molecule has 0 aliphatic heterocycles. The Kier molecular flexibility index (Phi) is 7.30. The summed E-state index contributed by atoms with van der Waals surface area (Å²) in [4.78, 5) is 11.6. The number of rotatable bonds is 8. The maximum Gasteiger partial charge on any atom is 0.433 e. The monoisotopic (exact) mass is 287 g/mol. The van der Waals surface area contributed by atoms with Crippen molar-refractivity contribution in [2.75, 3.05) is 13.7 Å². The molecule has 118 valence electrons. The van der Waals surface area contributed by atoms with E-state index in [1.54, 1.807) is 7.11 Å². The Labute approximate surface area is 122 Å². The molecule has 1 aliphatic carbocycles. The summed E-state index contributed by atoms with van der Waals surface area (Å²) in [5.74, 6) is 0. The highest BCUT2D eigenvalue weighted by atomic mass is 16.6. The highest BCUT2D eigenvalue weighted by molar-refractivity contribution is 5.66. The summed E-state index contributed by atoms with van der Waals surface area (Å²) in [6.07, 6.45) is 7.26. The molecule has 1 atom stereocenters. The Hall–Kier alpha value is -0.810. The minimum Gasteiger partial charge on any atom is -0.448 e. The number of hydrogen-bond donors (Lipinski definition) is 1. The lowest BCUT2D eigenvalue weighted by atomic mass is 9.93. The molecule has 0 radical (unpaired) electrons. The number of carbonyl (C=O) groups excluding carboxylic acids is 1. The third-order valence-electron chi connectivity index (χ3n) is 4.29. The molecular formula is C15H29NO4. The molecule has 1 unspecified atom stereocenters. The van der Waals surface area contributed by atoms with Crippen LogP contribution in [0, 0.1) is 0 Å². The van der Waals surface area contributed by atoms with Crippen molar-refractivity contribution in [2.45, 2.75) is 76.9 Å². The smallest absolute Gasteiger partial charge is 0.433 e. The van der Waals surface area contributed by atoms with Gasteiger partial charge in [-0.1, -0.05) is 26.2 Å². The first-order chi connectivity index (χ1) is 9.54. The van der Waals surface area contributed by atoms with Gasteiger partial charge in [0.15, 0.2) is 0 Å². The number of hydroxylamine groups is 2. The summed E-state index contributed by atoms with van der Waals surface area (Å²) in [6.45, 7) is 4.22. The average molecular weight is 287 g/mol. The lowest BCUT2D eigenvalue weighted by Gasteiger charge is -2.30. The second kappa shape index (κ2) is 8.47. The molecule has 0 bridgehead atoms. The number of nitrogens with zero attached hydrogens (tertiary/aromatic N) is 1. The van der Waals surface area contributed by atoms with Gasteiger partial charge in [-0.25, -0.2) is 4.79 Å². The predicted octanol–water partition coefficient (Wildman–Crippen LogP) is 3.74. The van der Waals surface area contributed by atoms with Crippen LogP contribution in [0.1, 0.15) is 65.2 Å². The zero-order valence-electron chi connectivity index (χ0n) is 13.1. The van der Waals surface area contributed by atoms with E-state index in [9.17, 15) is 10.0 Å². The Balaban J connectivity index is 2.33. The Morgan fingerprint density at radius 1 is 1.40 bits per heavy atom. The van der Waals surface area contributed by atoms with Crippen LogP contribution in [0.3, 0.4) is 0 Å². The summed E-state index contributed by atoms with van der Waals surface area (Å²) >= 11 is 0. The largest absolute Gasteiger partial charge is 0.448 e. The maximum absolute atomic E-state index is 11.6. The summed E-state index contributed by atoms with van der Waals surface area (Å²) in [5, 5.41) is 10.6. The van der Waals surface area contributed by atoms with E-state index in [0.29, 0.717) is 18.1 Å². The van der Waals surface area contributed by atoms with Crippen molar-refractivity contribution < 1.29 is 19.5 Å². The molecule has 5 heteroatoms. The van der Waals surface area contributed by atoms with Gasteiger partial charge in [-0.05, 0) is 39.0 Å². The number of unbranched alkanes of at least 4 members (excludes halogenated alkanes) is 1. The number of hydrogen-bond acceptors (Lipinski definition) is 4. The van der Waals surface area contributed by atoms with E-state index in [2.05, 4.69) is 0 Å². The zero-order valence-corrected chi connectivity index (χ0v) is 13.1. The first kappa shape index (κ1) is 17.2. The summed E-state index contributed by atoms with van der Waals surface area (Å²) in [6, 6.07) is -0.253. The third-order valence-corrected chi connectivity index (χ3v) is 4.29. The highest BCUT2D eigenvalue weighted by Gasteiger charge is 2.34. The van der Waals surface area contributed by atoms with Gasteiger partial charge in [0.1, 0.15) is 0 Å². The predicted molar refractivity (Wildman–Crippen MR) is 76.8 cm³/mol. The second-order valence-corrected chi connectivity index (χ2v) is 5.79. The molecule has 0 spiro atoms. The quantitative estimate of drug-likeness (QED) is 0.420. The fourth-order valence-electron chi connectivity index (χ4n) is 2.72. The molecule has 0 saturated heterocycles. The van der Waals surface area contributed by atoms with Crippen LogP contribution in [0.5, 0.6) is 0 Å². The third kappa shape index (κ3) is 4.94. The van der Waals surface area contributed by atoms with Crippen LogP contribution in [-0.2, 0) is 9.47 Å². The lowest BCUT2D eigenvalue weighted by molar-refractivity contribution is -0.108. The van der Waals surface area contributed by atoms with E-state index in [0.717, 1.165) is 32.1 Å². The molecule has 1 amide bonds. The van der Waals surface area contributed by atoms with Gasteiger partial charge in [0.2, 0.25) is 0 Å². The highest BCUT2D eigenvalue weighted by Crippen LogP contribution is 2.37. The first-order valence-electron chi connectivity index (χ1n) is 7.74. The van der Waals surface area contributed by atoms with Crippen molar-refractivity contribution in [3.05, 3.63) is 0 Å². The van der Waals surface area contributed by atoms with Crippen molar-refractivity contribution >= 4 is 6.09 Å². The number of ether oxygens (including phenoxy) is 2. The van der Waals surface area contributed by atoms with Crippen LogP contribution in [-0.4, -0.2) is 41.7 Å². The minimum absolute atomic E-state index is 0.0543. The Morgan fingerprint density at radius 2 is 2.05 bits per heavy atom. The topological polar surface area (TPSA) is 59.0 Å². The van der Waals surface area contributed by atoms with Crippen LogP contribution in [0.2, 0.25) is 0 Å². The van der Waals surface area contributed by atoms with E-state index in [1.165, 1.54) is 12.8 Å². The molecule has 0 aromatic rings. The van der Waals surface area contributed by atoms with Crippen molar-refractivity contribution in [3.63, 3.8) is 0 Å². The Bertz CT molecular complexity index is 290. The SMILES string of the molecule is CCCCOC(=O)N(O)C(C)CCC1(OC)CCCC1. The molecule has 1 aliphatic rings. The minimum atomic E-state index is -0.649. The molecule has 1 saturated carbocycles. The van der Waals surface area contributed by atoms with E-state index in [-0.39, 0.29) is 11.6 Å². The number of amides is 1. The second-order valence-electron chi connectivity index (χ2n) is 5.79. The maximum atomic E-state index is 11.6. The number of methoxy groups -OCH3 is 1. The van der Waals surface area contributed by atoms with Gasteiger partial charge in [-0.3, -0.25) is 5.21 Å². The van der Waals surface area contributed by atoms with Gasteiger partial charge in [0.05, 0.1) is 18.2 Å². The van der Waals surface area contributed by atoms with Crippen molar-refractivity contribution in [1.29, 1.82) is 0 Å². The standard InChI is InChI=1S/C15H29NO4/c1-4-5-12-20-14(17)16(18)13(2)8-11-15(19-3)9-6-7-10-15/h13,18H,4-12H2,1-3H3. The first-order valence-corrected chi connectivity index (χ1v) is 7.74. The summed E-state index contributed by atoms with van der Waals surface area (Å²) in [7, 11) is 1.76. The average Bonchev–Trinajstić information content (AvgIpc) is 2.93. The summed E-state index contributed by atoms with van der Waals surface area (Å²) in [5.41, 5.74) is -0.0543. The van der Waals surface area contributed by atoms with Crippen LogP contribution in [0.4, 0.5) is 4.79 Å². The molecule has 1 rings (SSSR count). The van der Waals surface area contributed by atoms with Gasteiger partial charge >= 0.3 is 6.09 Å². The molecule has 5 nitrogen and oxygen atoms in total. The van der Waals surface area contributed by atoms with E-state index in [4.69, 9.17) is 9.47 Å².